The summed E-state index contributed by atoms with van der Waals surface area (Å²) < 4.78 is 12.1. The molecule has 0 radical (unpaired) electrons. The van der Waals surface area contributed by atoms with Crippen molar-refractivity contribution >= 4 is 11.0 Å². The Balaban J connectivity index is 2.46. The summed E-state index contributed by atoms with van der Waals surface area (Å²) in [5.41, 5.74) is 1.86. The van der Waals surface area contributed by atoms with Crippen molar-refractivity contribution in [3.63, 3.8) is 0 Å². The highest BCUT2D eigenvalue weighted by Crippen LogP contribution is 2.35. The van der Waals surface area contributed by atoms with Gasteiger partial charge in [0.1, 0.15) is 11.3 Å². The second-order valence-corrected chi connectivity index (χ2v) is 5.46. The largest absolute Gasteiger partial charge is 0.459 e. The highest BCUT2D eigenvalue weighted by Gasteiger charge is 2.35. The van der Waals surface area contributed by atoms with Gasteiger partial charge < -0.3 is 14.5 Å². The molecule has 0 saturated carbocycles. The van der Waals surface area contributed by atoms with Gasteiger partial charge in [0.2, 0.25) is 0 Å². The van der Waals surface area contributed by atoms with Crippen LogP contribution in [0.25, 0.3) is 11.0 Å². The molecular formula is C17H25NO2. The van der Waals surface area contributed by atoms with Crippen molar-refractivity contribution in [3.05, 3.63) is 35.6 Å². The molecule has 3 nitrogen and oxygen atoms in total. The van der Waals surface area contributed by atoms with Gasteiger partial charge in [-0.15, -0.1) is 0 Å². The van der Waals surface area contributed by atoms with Gasteiger partial charge >= 0.3 is 0 Å². The lowest BCUT2D eigenvalue weighted by Gasteiger charge is -2.35. The van der Waals surface area contributed by atoms with Crippen molar-refractivity contribution in [3.8, 4) is 0 Å². The third-order valence-electron chi connectivity index (χ3n) is 4.12. The minimum atomic E-state index is -0.273. The van der Waals surface area contributed by atoms with Gasteiger partial charge in [0.25, 0.3) is 0 Å². The third kappa shape index (κ3) is 2.60. The number of aryl methyl sites for hydroxylation is 1. The number of fused-ring (bicyclic) bond motifs is 1. The Morgan fingerprint density at radius 3 is 2.65 bits per heavy atom. The van der Waals surface area contributed by atoms with Crippen molar-refractivity contribution in [2.24, 2.45) is 0 Å². The smallest absolute Gasteiger partial charge is 0.137 e. The summed E-state index contributed by atoms with van der Waals surface area (Å²) in [5, 5.41) is 4.50. The summed E-state index contributed by atoms with van der Waals surface area (Å²) in [5.74, 6) is 0.939. The minimum absolute atomic E-state index is 0.0410. The van der Waals surface area contributed by atoms with Crippen LogP contribution >= 0.6 is 0 Å². The maximum atomic E-state index is 6.10. The third-order valence-corrected chi connectivity index (χ3v) is 4.12. The summed E-state index contributed by atoms with van der Waals surface area (Å²) in [6, 6.07) is 8.39. The number of para-hydroxylation sites is 1. The summed E-state index contributed by atoms with van der Waals surface area (Å²) in [4.78, 5) is 0. The predicted molar refractivity (Wildman–Crippen MR) is 83.1 cm³/mol. The van der Waals surface area contributed by atoms with E-state index in [4.69, 9.17) is 9.15 Å². The van der Waals surface area contributed by atoms with E-state index in [2.05, 4.69) is 50.4 Å². The van der Waals surface area contributed by atoms with Gasteiger partial charge in [-0.2, -0.15) is 0 Å². The lowest BCUT2D eigenvalue weighted by atomic mass is 9.91. The summed E-state index contributed by atoms with van der Waals surface area (Å²) in [6.45, 7) is 9.09. The number of hydrogen-bond donors (Lipinski definition) is 1. The Morgan fingerprint density at radius 2 is 2.10 bits per heavy atom. The summed E-state index contributed by atoms with van der Waals surface area (Å²) >= 11 is 0. The van der Waals surface area contributed by atoms with Crippen LogP contribution in [0.4, 0.5) is 0 Å². The molecule has 0 aliphatic heterocycles. The topological polar surface area (TPSA) is 34.4 Å². The second kappa shape index (κ2) is 5.98. The van der Waals surface area contributed by atoms with Crippen molar-refractivity contribution in [1.82, 2.24) is 5.32 Å². The molecule has 1 N–H and O–H groups in total. The average molecular weight is 275 g/mol. The van der Waals surface area contributed by atoms with Crippen molar-refractivity contribution in [1.29, 1.82) is 0 Å². The fourth-order valence-electron chi connectivity index (χ4n) is 2.84. The number of nitrogens with one attached hydrogen (secondary N) is 1. The molecule has 0 saturated heterocycles. The SMILES string of the molecule is CCOC(C)(CC)C(NC)c1cc2cccc(C)c2o1. The molecule has 3 heteroatoms. The first kappa shape index (κ1) is 15.1. The lowest BCUT2D eigenvalue weighted by molar-refractivity contribution is -0.0588. The quantitative estimate of drug-likeness (QED) is 0.857. The van der Waals surface area contributed by atoms with Crippen molar-refractivity contribution in [2.45, 2.75) is 45.8 Å². The van der Waals surface area contributed by atoms with E-state index in [9.17, 15) is 0 Å². The molecule has 1 aromatic heterocycles. The van der Waals surface area contributed by atoms with Crippen LogP contribution in [-0.4, -0.2) is 19.3 Å². The molecule has 1 heterocycles. The van der Waals surface area contributed by atoms with Crippen LogP contribution < -0.4 is 5.32 Å². The van der Waals surface area contributed by atoms with Gasteiger partial charge in [0.05, 0.1) is 11.6 Å². The molecule has 0 bridgehead atoms. The lowest BCUT2D eigenvalue weighted by Crippen LogP contribution is -2.42. The first-order chi connectivity index (χ1) is 9.55. The highest BCUT2D eigenvalue weighted by atomic mass is 16.5. The average Bonchev–Trinajstić information content (AvgIpc) is 2.85. The molecule has 20 heavy (non-hydrogen) atoms. The van der Waals surface area contributed by atoms with E-state index in [1.807, 2.05) is 14.0 Å². The Kier molecular flexibility index (Phi) is 4.51. The van der Waals surface area contributed by atoms with E-state index >= 15 is 0 Å². The van der Waals surface area contributed by atoms with Gasteiger partial charge in [-0.25, -0.2) is 0 Å². The van der Waals surface area contributed by atoms with Crippen LogP contribution in [0.5, 0.6) is 0 Å². The molecule has 0 aliphatic carbocycles. The van der Waals surface area contributed by atoms with E-state index in [0.717, 1.165) is 23.2 Å². The Labute approximate surface area is 121 Å². The Morgan fingerprint density at radius 1 is 1.35 bits per heavy atom. The van der Waals surface area contributed by atoms with Crippen LogP contribution in [-0.2, 0) is 4.74 Å². The second-order valence-electron chi connectivity index (χ2n) is 5.46. The van der Waals surface area contributed by atoms with E-state index in [0.29, 0.717) is 6.61 Å². The van der Waals surface area contributed by atoms with Crippen molar-refractivity contribution in [2.75, 3.05) is 13.7 Å². The molecule has 1 aromatic carbocycles. The number of ether oxygens (including phenoxy) is 1. The molecule has 110 valence electrons. The van der Waals surface area contributed by atoms with Crippen LogP contribution in [0.3, 0.4) is 0 Å². The normalized spacial score (nSPS) is 16.2. The number of hydrogen-bond acceptors (Lipinski definition) is 3. The Bertz CT molecular complexity index is 575. The van der Waals surface area contributed by atoms with Crippen molar-refractivity contribution < 1.29 is 9.15 Å². The fraction of sp³-hybridized carbons (Fsp3) is 0.529. The first-order valence-corrected chi connectivity index (χ1v) is 7.36. The summed E-state index contributed by atoms with van der Waals surface area (Å²) in [6.07, 6.45) is 0.919. The zero-order valence-electron chi connectivity index (χ0n) is 13.1. The van der Waals surface area contributed by atoms with Gasteiger partial charge in [-0.1, -0.05) is 25.1 Å². The van der Waals surface area contributed by atoms with Gasteiger partial charge in [-0.3, -0.25) is 0 Å². The molecule has 0 spiro atoms. The van der Waals surface area contributed by atoms with Crippen LogP contribution in [0.1, 0.15) is 44.6 Å². The van der Waals surface area contributed by atoms with Crippen LogP contribution in [0.15, 0.2) is 28.7 Å². The Hall–Kier alpha value is -1.32. The van der Waals surface area contributed by atoms with E-state index in [1.165, 1.54) is 5.56 Å². The molecule has 0 aliphatic rings. The maximum absolute atomic E-state index is 6.10. The molecule has 0 amide bonds. The molecule has 2 aromatic rings. The zero-order valence-corrected chi connectivity index (χ0v) is 13.1. The molecule has 2 atom stereocenters. The minimum Gasteiger partial charge on any atom is -0.459 e. The van der Waals surface area contributed by atoms with Gasteiger partial charge in [-0.05, 0) is 45.9 Å². The van der Waals surface area contributed by atoms with E-state index in [-0.39, 0.29) is 11.6 Å². The van der Waals surface area contributed by atoms with Crippen LogP contribution in [0.2, 0.25) is 0 Å². The van der Waals surface area contributed by atoms with Gasteiger partial charge in [0.15, 0.2) is 0 Å². The molecule has 2 unspecified atom stereocenters. The standard InChI is InChI=1S/C17H25NO2/c1-6-17(4,19-7-2)16(18-5)14-11-13-10-8-9-12(3)15(13)20-14/h8-11,16,18H,6-7H2,1-5H3. The fourth-order valence-corrected chi connectivity index (χ4v) is 2.84. The number of benzene rings is 1. The summed E-state index contributed by atoms with van der Waals surface area (Å²) in [7, 11) is 1.96. The highest BCUT2D eigenvalue weighted by molar-refractivity contribution is 5.81. The van der Waals surface area contributed by atoms with E-state index in [1.54, 1.807) is 0 Å². The van der Waals surface area contributed by atoms with Crippen LogP contribution in [0, 0.1) is 6.92 Å². The zero-order chi connectivity index (χ0) is 14.8. The predicted octanol–water partition coefficient (Wildman–Crippen LogP) is 4.21. The molecular weight excluding hydrogens is 250 g/mol. The monoisotopic (exact) mass is 275 g/mol. The number of rotatable bonds is 6. The maximum Gasteiger partial charge on any atom is 0.137 e. The molecule has 0 fully saturated rings. The van der Waals surface area contributed by atoms with E-state index < -0.39 is 0 Å². The number of likely N-dealkylation sites (N-methyl/N-ethyl adjacent to an activating group) is 1. The van der Waals surface area contributed by atoms with Gasteiger partial charge in [0, 0.05) is 12.0 Å². The molecule has 2 rings (SSSR count). The first-order valence-electron chi connectivity index (χ1n) is 7.36. The number of furan rings is 1.